The zero-order valence-electron chi connectivity index (χ0n) is 13.1. The number of benzene rings is 1. The molecule has 24 heavy (non-hydrogen) atoms. The van der Waals surface area contributed by atoms with Crippen LogP contribution in [0.5, 0.6) is 11.5 Å². The van der Waals surface area contributed by atoms with Crippen LogP contribution < -0.4 is 14.8 Å². The van der Waals surface area contributed by atoms with E-state index >= 15 is 0 Å². The SMILES string of the molecule is COc1cc(NC(=O)CSc2ncccc2C(=O)O)cc(OC)c1. The average molecular weight is 348 g/mol. The molecule has 2 rings (SSSR count). The number of amides is 1. The number of thioether (sulfide) groups is 1. The van der Waals surface area contributed by atoms with Crippen molar-refractivity contribution in [1.29, 1.82) is 0 Å². The number of anilines is 1. The third-order valence-electron chi connectivity index (χ3n) is 2.98. The van der Waals surface area contributed by atoms with Gasteiger partial charge >= 0.3 is 5.97 Å². The van der Waals surface area contributed by atoms with Crippen LogP contribution in [0.25, 0.3) is 0 Å². The summed E-state index contributed by atoms with van der Waals surface area (Å²) in [6.07, 6.45) is 1.49. The molecule has 1 heterocycles. The summed E-state index contributed by atoms with van der Waals surface area (Å²) in [5.74, 6) is -0.247. The third kappa shape index (κ3) is 4.63. The Labute approximate surface area is 143 Å². The smallest absolute Gasteiger partial charge is 0.338 e. The minimum absolute atomic E-state index is 0.0246. The highest BCUT2D eigenvalue weighted by atomic mass is 32.2. The largest absolute Gasteiger partial charge is 0.497 e. The van der Waals surface area contributed by atoms with Crippen LogP contribution in [0.2, 0.25) is 0 Å². The number of ether oxygens (including phenoxy) is 2. The summed E-state index contributed by atoms with van der Waals surface area (Å²) in [4.78, 5) is 27.2. The molecule has 0 saturated heterocycles. The number of carbonyl (C=O) groups excluding carboxylic acids is 1. The second kappa shape index (κ2) is 8.21. The fourth-order valence-corrected chi connectivity index (χ4v) is 2.67. The van der Waals surface area contributed by atoms with Crippen molar-refractivity contribution in [2.45, 2.75) is 5.03 Å². The van der Waals surface area contributed by atoms with Gasteiger partial charge in [-0.1, -0.05) is 11.8 Å². The van der Waals surface area contributed by atoms with Crippen molar-refractivity contribution in [3.63, 3.8) is 0 Å². The molecule has 2 N–H and O–H groups in total. The second-order valence-corrected chi connectivity index (χ2v) is 5.56. The molecule has 1 aromatic heterocycles. The maximum absolute atomic E-state index is 12.1. The normalized spacial score (nSPS) is 10.1. The molecule has 1 aromatic carbocycles. The van der Waals surface area contributed by atoms with Gasteiger partial charge in [-0.05, 0) is 12.1 Å². The van der Waals surface area contributed by atoms with Crippen LogP contribution in [0.1, 0.15) is 10.4 Å². The number of hydrogen-bond donors (Lipinski definition) is 2. The molecule has 0 aliphatic rings. The number of carboxylic acids is 1. The van der Waals surface area contributed by atoms with E-state index in [2.05, 4.69) is 10.3 Å². The number of pyridine rings is 1. The van der Waals surface area contributed by atoms with E-state index in [1.165, 1.54) is 32.5 Å². The Balaban J connectivity index is 2.03. The van der Waals surface area contributed by atoms with Crippen molar-refractivity contribution in [2.75, 3.05) is 25.3 Å². The Bertz CT molecular complexity index is 729. The quantitative estimate of drug-likeness (QED) is 0.742. The topological polar surface area (TPSA) is 97.8 Å². The molecular weight excluding hydrogens is 332 g/mol. The highest BCUT2D eigenvalue weighted by molar-refractivity contribution is 8.00. The van der Waals surface area contributed by atoms with Gasteiger partial charge in [0.15, 0.2) is 0 Å². The lowest BCUT2D eigenvalue weighted by atomic mass is 10.2. The molecule has 126 valence electrons. The van der Waals surface area contributed by atoms with Crippen LogP contribution in [-0.4, -0.2) is 41.9 Å². The van der Waals surface area contributed by atoms with Gasteiger partial charge in [0.2, 0.25) is 5.91 Å². The van der Waals surface area contributed by atoms with E-state index in [9.17, 15) is 9.59 Å². The number of methoxy groups -OCH3 is 2. The van der Waals surface area contributed by atoms with Crippen molar-refractivity contribution in [2.24, 2.45) is 0 Å². The van der Waals surface area contributed by atoms with Gasteiger partial charge in [0, 0.05) is 30.1 Å². The summed E-state index contributed by atoms with van der Waals surface area (Å²) in [7, 11) is 3.04. The number of nitrogens with zero attached hydrogens (tertiary/aromatic N) is 1. The Morgan fingerprint density at radius 1 is 1.21 bits per heavy atom. The number of nitrogens with one attached hydrogen (secondary N) is 1. The highest BCUT2D eigenvalue weighted by Gasteiger charge is 2.13. The molecule has 0 fully saturated rings. The van der Waals surface area contributed by atoms with Crippen molar-refractivity contribution in [3.8, 4) is 11.5 Å². The number of rotatable bonds is 7. The summed E-state index contributed by atoms with van der Waals surface area (Å²) >= 11 is 1.06. The van der Waals surface area contributed by atoms with Crippen molar-refractivity contribution < 1.29 is 24.2 Å². The Morgan fingerprint density at radius 3 is 2.46 bits per heavy atom. The lowest BCUT2D eigenvalue weighted by Crippen LogP contribution is -2.14. The number of aromatic nitrogens is 1. The maximum atomic E-state index is 12.1. The predicted molar refractivity (Wildman–Crippen MR) is 90.1 cm³/mol. The van der Waals surface area contributed by atoms with Gasteiger partial charge in [-0.3, -0.25) is 4.79 Å². The van der Waals surface area contributed by atoms with E-state index < -0.39 is 5.97 Å². The first-order valence-corrected chi connectivity index (χ1v) is 7.86. The number of hydrogen-bond acceptors (Lipinski definition) is 6. The summed E-state index contributed by atoms with van der Waals surface area (Å²) < 4.78 is 10.3. The molecule has 0 aliphatic heterocycles. The van der Waals surface area contributed by atoms with E-state index in [1.54, 1.807) is 18.2 Å². The van der Waals surface area contributed by atoms with Gasteiger partial charge in [0.25, 0.3) is 0 Å². The lowest BCUT2D eigenvalue weighted by molar-refractivity contribution is -0.113. The molecule has 0 unspecified atom stereocenters. The summed E-state index contributed by atoms with van der Waals surface area (Å²) in [5.41, 5.74) is 0.592. The lowest BCUT2D eigenvalue weighted by Gasteiger charge is -2.10. The zero-order valence-corrected chi connectivity index (χ0v) is 13.9. The first-order chi connectivity index (χ1) is 11.5. The summed E-state index contributed by atoms with van der Waals surface area (Å²) in [5, 5.41) is 12.1. The molecule has 8 heteroatoms. The van der Waals surface area contributed by atoms with Crippen molar-refractivity contribution in [3.05, 3.63) is 42.1 Å². The highest BCUT2D eigenvalue weighted by Crippen LogP contribution is 2.26. The Hall–Kier alpha value is -2.74. The van der Waals surface area contributed by atoms with Gasteiger partial charge < -0.3 is 19.9 Å². The summed E-state index contributed by atoms with van der Waals surface area (Å²) in [6, 6.07) is 8.00. The predicted octanol–water partition coefficient (Wildman–Crippen LogP) is 2.53. The molecule has 1 amide bonds. The van der Waals surface area contributed by atoms with Crippen LogP contribution in [0.15, 0.2) is 41.6 Å². The van der Waals surface area contributed by atoms with E-state index in [-0.39, 0.29) is 17.2 Å². The molecular formula is C16H16N2O5S. The monoisotopic (exact) mass is 348 g/mol. The molecule has 2 aromatic rings. The van der Waals surface area contributed by atoms with Gasteiger partial charge in [-0.15, -0.1) is 0 Å². The van der Waals surface area contributed by atoms with Gasteiger partial charge in [0.05, 0.1) is 25.5 Å². The first kappa shape index (κ1) is 17.6. The van der Waals surface area contributed by atoms with Gasteiger partial charge in [-0.2, -0.15) is 0 Å². The molecule has 0 radical (unpaired) electrons. The molecule has 0 atom stereocenters. The van der Waals surface area contributed by atoms with E-state index in [0.717, 1.165) is 11.8 Å². The zero-order chi connectivity index (χ0) is 17.5. The van der Waals surface area contributed by atoms with Gasteiger partial charge in [0.1, 0.15) is 16.5 Å². The van der Waals surface area contributed by atoms with E-state index in [0.29, 0.717) is 22.2 Å². The standard InChI is InChI=1S/C16H16N2O5S/c1-22-11-6-10(7-12(8-11)23-2)18-14(19)9-24-15-13(16(20)21)4-3-5-17-15/h3-8H,9H2,1-2H3,(H,18,19)(H,20,21). The van der Waals surface area contributed by atoms with Crippen LogP contribution in [0, 0.1) is 0 Å². The van der Waals surface area contributed by atoms with Crippen molar-refractivity contribution >= 4 is 29.3 Å². The molecule has 0 bridgehead atoms. The average Bonchev–Trinajstić information content (AvgIpc) is 2.59. The van der Waals surface area contributed by atoms with E-state index in [4.69, 9.17) is 14.6 Å². The fraction of sp³-hybridized carbons (Fsp3) is 0.188. The van der Waals surface area contributed by atoms with Gasteiger partial charge in [-0.25, -0.2) is 9.78 Å². The van der Waals surface area contributed by atoms with Crippen LogP contribution in [-0.2, 0) is 4.79 Å². The Morgan fingerprint density at radius 2 is 1.88 bits per heavy atom. The molecule has 0 aliphatic carbocycles. The number of carboxylic acid groups (broad SMARTS) is 1. The van der Waals surface area contributed by atoms with Crippen molar-refractivity contribution in [1.82, 2.24) is 4.98 Å². The number of carbonyl (C=O) groups is 2. The Kier molecular flexibility index (Phi) is 6.02. The number of aromatic carboxylic acids is 1. The summed E-state index contributed by atoms with van der Waals surface area (Å²) in [6.45, 7) is 0. The van der Waals surface area contributed by atoms with Crippen LogP contribution in [0.4, 0.5) is 5.69 Å². The maximum Gasteiger partial charge on any atom is 0.338 e. The first-order valence-electron chi connectivity index (χ1n) is 6.87. The van der Waals surface area contributed by atoms with E-state index in [1.807, 2.05) is 0 Å². The molecule has 0 spiro atoms. The fourth-order valence-electron chi connectivity index (χ4n) is 1.88. The molecule has 7 nitrogen and oxygen atoms in total. The van der Waals surface area contributed by atoms with Crippen LogP contribution in [0.3, 0.4) is 0 Å². The third-order valence-corrected chi connectivity index (χ3v) is 3.98. The minimum atomic E-state index is -1.08. The second-order valence-electron chi connectivity index (χ2n) is 4.60. The van der Waals surface area contributed by atoms with Crippen LogP contribution >= 0.6 is 11.8 Å². The molecule has 0 saturated carbocycles. The minimum Gasteiger partial charge on any atom is -0.497 e.